The number of anilines is 1. The molecule has 0 bridgehead atoms. The number of carbonyl (C=O) groups excluding carboxylic acids is 1. The van der Waals surface area contributed by atoms with E-state index in [1.165, 1.54) is 27.8 Å². The van der Waals surface area contributed by atoms with Gasteiger partial charge in [-0.2, -0.15) is 4.31 Å². The Balaban J connectivity index is 1.37. The van der Waals surface area contributed by atoms with Crippen LogP contribution in [0.25, 0.3) is 11.3 Å². The van der Waals surface area contributed by atoms with Crippen LogP contribution in [-0.2, 0) is 20.6 Å². The molecule has 0 radical (unpaired) electrons. The molecule has 2 aliphatic heterocycles. The van der Waals surface area contributed by atoms with Gasteiger partial charge in [-0.25, -0.2) is 17.8 Å². The number of thiazole rings is 1. The Morgan fingerprint density at radius 3 is 2.74 bits per heavy atom. The number of hydrogen-bond donors (Lipinski definition) is 1. The molecule has 3 aromatic rings. The van der Waals surface area contributed by atoms with Gasteiger partial charge in [0.2, 0.25) is 15.9 Å². The van der Waals surface area contributed by atoms with Gasteiger partial charge in [0.25, 0.3) is 0 Å². The van der Waals surface area contributed by atoms with Gasteiger partial charge in [0, 0.05) is 27.6 Å². The minimum atomic E-state index is -3.90. The zero-order valence-corrected chi connectivity index (χ0v) is 18.7. The van der Waals surface area contributed by atoms with Crippen LogP contribution in [0.15, 0.2) is 58.3 Å². The van der Waals surface area contributed by atoms with Crippen molar-refractivity contribution in [1.29, 1.82) is 0 Å². The van der Waals surface area contributed by atoms with E-state index in [1.807, 2.05) is 18.2 Å². The third-order valence-electron chi connectivity index (χ3n) is 5.35. The highest BCUT2D eigenvalue weighted by atomic mass is 32.2. The predicted molar refractivity (Wildman–Crippen MR) is 119 cm³/mol. The quantitative estimate of drug-likeness (QED) is 0.607. The molecule has 1 atom stereocenters. The molecule has 2 aromatic carbocycles. The summed E-state index contributed by atoms with van der Waals surface area (Å²) in [6.07, 6.45) is 1.01. The van der Waals surface area contributed by atoms with Crippen molar-refractivity contribution in [2.75, 3.05) is 11.9 Å². The number of hydrogen-bond acceptors (Lipinski definition) is 6. The van der Waals surface area contributed by atoms with Gasteiger partial charge in [0.05, 0.1) is 10.6 Å². The summed E-state index contributed by atoms with van der Waals surface area (Å²) in [5.74, 6) is -0.119. The molecule has 6 nitrogen and oxygen atoms in total. The van der Waals surface area contributed by atoms with E-state index < -0.39 is 27.8 Å². The number of carbonyl (C=O) groups is 1. The fourth-order valence-electron chi connectivity index (χ4n) is 3.87. The Morgan fingerprint density at radius 2 is 1.94 bits per heavy atom. The second-order valence-corrected chi connectivity index (χ2v) is 11.3. The molecule has 160 valence electrons. The molecule has 5 rings (SSSR count). The van der Waals surface area contributed by atoms with Gasteiger partial charge < -0.3 is 5.32 Å². The van der Waals surface area contributed by atoms with E-state index in [9.17, 15) is 17.6 Å². The number of sulfonamides is 1. The number of halogens is 1. The Hall–Kier alpha value is -2.27. The summed E-state index contributed by atoms with van der Waals surface area (Å²) in [5.41, 5.74) is 1.92. The predicted octanol–water partition coefficient (Wildman–Crippen LogP) is 4.35. The van der Waals surface area contributed by atoms with Crippen LogP contribution in [0.4, 0.5) is 9.52 Å². The highest BCUT2D eigenvalue weighted by Crippen LogP contribution is 2.44. The molecular formula is C21H18FN3O3S3. The van der Waals surface area contributed by atoms with Crippen LogP contribution in [0.5, 0.6) is 0 Å². The zero-order valence-electron chi connectivity index (χ0n) is 16.2. The number of rotatable bonds is 4. The van der Waals surface area contributed by atoms with Crippen molar-refractivity contribution in [2.24, 2.45) is 0 Å². The van der Waals surface area contributed by atoms with Gasteiger partial charge in [-0.15, -0.1) is 23.1 Å². The smallest absolute Gasteiger partial charge is 0.244 e. The lowest BCUT2D eigenvalue weighted by atomic mass is 10.1. The molecule has 0 saturated carbocycles. The molecule has 3 heterocycles. The zero-order chi connectivity index (χ0) is 21.6. The Bertz CT molecular complexity index is 1260. The SMILES string of the molecule is O=C(Nc1nc2c(s1)CSc1ccccc1-2)C1CCCN1S(=O)(=O)c1ccc(F)cc1. The highest BCUT2D eigenvalue weighted by Gasteiger charge is 2.39. The lowest BCUT2D eigenvalue weighted by molar-refractivity contribution is -0.119. The number of nitrogens with zero attached hydrogens (tertiary/aromatic N) is 2. The first-order valence-corrected chi connectivity index (χ1v) is 13.0. The summed E-state index contributed by atoms with van der Waals surface area (Å²) in [7, 11) is -3.90. The number of nitrogens with one attached hydrogen (secondary N) is 1. The lowest BCUT2D eigenvalue weighted by Gasteiger charge is -2.23. The van der Waals surface area contributed by atoms with Crippen LogP contribution in [0.3, 0.4) is 0 Å². The first-order chi connectivity index (χ1) is 14.9. The van der Waals surface area contributed by atoms with Crippen molar-refractivity contribution in [3.8, 4) is 11.3 Å². The van der Waals surface area contributed by atoms with Crippen molar-refractivity contribution in [3.63, 3.8) is 0 Å². The van der Waals surface area contributed by atoms with E-state index in [-0.39, 0.29) is 11.4 Å². The second kappa shape index (κ2) is 8.01. The fourth-order valence-corrected chi connectivity index (χ4v) is 7.63. The van der Waals surface area contributed by atoms with Crippen molar-refractivity contribution in [2.45, 2.75) is 34.4 Å². The Kier molecular flexibility index (Phi) is 5.33. The van der Waals surface area contributed by atoms with Gasteiger partial charge in [0.15, 0.2) is 5.13 Å². The van der Waals surface area contributed by atoms with Gasteiger partial charge in [-0.05, 0) is 43.2 Å². The fraction of sp³-hybridized carbons (Fsp3) is 0.238. The summed E-state index contributed by atoms with van der Waals surface area (Å²) < 4.78 is 40.4. The Morgan fingerprint density at radius 1 is 1.16 bits per heavy atom. The first-order valence-electron chi connectivity index (χ1n) is 9.74. The molecule has 1 fully saturated rings. The van der Waals surface area contributed by atoms with Crippen LogP contribution in [0, 0.1) is 5.82 Å². The van der Waals surface area contributed by atoms with Crippen molar-refractivity contribution in [1.82, 2.24) is 9.29 Å². The molecule has 1 saturated heterocycles. The maximum Gasteiger partial charge on any atom is 0.244 e. The molecule has 0 aliphatic carbocycles. The van der Waals surface area contributed by atoms with E-state index in [2.05, 4.69) is 16.4 Å². The van der Waals surface area contributed by atoms with Crippen LogP contribution in [0.1, 0.15) is 17.7 Å². The van der Waals surface area contributed by atoms with Crippen molar-refractivity contribution in [3.05, 3.63) is 59.2 Å². The molecule has 1 aromatic heterocycles. The largest absolute Gasteiger partial charge is 0.301 e. The van der Waals surface area contributed by atoms with Crippen LogP contribution >= 0.6 is 23.1 Å². The van der Waals surface area contributed by atoms with E-state index >= 15 is 0 Å². The topological polar surface area (TPSA) is 79.4 Å². The molecule has 1 amide bonds. The third-order valence-corrected chi connectivity index (χ3v) is 9.53. The molecule has 1 N–H and O–H groups in total. The van der Waals surface area contributed by atoms with E-state index in [0.717, 1.165) is 38.9 Å². The van der Waals surface area contributed by atoms with E-state index in [1.54, 1.807) is 11.8 Å². The first kappa shape index (κ1) is 20.6. The summed E-state index contributed by atoms with van der Waals surface area (Å²) in [6.45, 7) is 0.246. The van der Waals surface area contributed by atoms with Crippen LogP contribution < -0.4 is 5.32 Å². The van der Waals surface area contributed by atoms with Gasteiger partial charge >= 0.3 is 0 Å². The van der Waals surface area contributed by atoms with Crippen LogP contribution in [-0.4, -0.2) is 36.2 Å². The summed E-state index contributed by atoms with van der Waals surface area (Å²) in [6, 6.07) is 11.9. The lowest BCUT2D eigenvalue weighted by Crippen LogP contribution is -2.43. The summed E-state index contributed by atoms with van der Waals surface area (Å²) >= 11 is 3.15. The maximum absolute atomic E-state index is 13.2. The molecule has 0 spiro atoms. The second-order valence-electron chi connectivity index (χ2n) is 7.29. The standard InChI is InChI=1S/C21H18FN3O3S3/c22-13-7-9-14(10-8-13)31(27,28)25-11-3-5-16(25)20(26)24-21-23-19-15-4-1-2-6-17(15)29-12-18(19)30-21/h1-2,4,6-10,16H,3,5,11-12H2,(H,23,24,26). The minimum absolute atomic E-state index is 0.0213. The molecule has 1 unspecified atom stereocenters. The third kappa shape index (κ3) is 3.78. The van der Waals surface area contributed by atoms with Crippen molar-refractivity contribution < 1.29 is 17.6 Å². The maximum atomic E-state index is 13.2. The number of thioether (sulfide) groups is 1. The summed E-state index contributed by atoms with van der Waals surface area (Å²) in [5, 5.41) is 3.30. The minimum Gasteiger partial charge on any atom is -0.301 e. The van der Waals surface area contributed by atoms with Gasteiger partial charge in [0.1, 0.15) is 11.9 Å². The average molecular weight is 476 g/mol. The average Bonchev–Trinajstić information content (AvgIpc) is 3.41. The molecule has 10 heteroatoms. The highest BCUT2D eigenvalue weighted by molar-refractivity contribution is 7.98. The monoisotopic (exact) mass is 475 g/mol. The number of amides is 1. The van der Waals surface area contributed by atoms with Gasteiger partial charge in [-0.1, -0.05) is 18.2 Å². The number of aromatic nitrogens is 1. The normalized spacial score (nSPS) is 18.4. The summed E-state index contributed by atoms with van der Waals surface area (Å²) in [4.78, 5) is 19.8. The van der Waals surface area contributed by atoms with E-state index in [4.69, 9.17) is 0 Å². The van der Waals surface area contributed by atoms with E-state index in [0.29, 0.717) is 18.0 Å². The molecule has 2 aliphatic rings. The molecule has 31 heavy (non-hydrogen) atoms. The number of fused-ring (bicyclic) bond motifs is 3. The molecular weight excluding hydrogens is 457 g/mol. The Labute approximate surface area is 187 Å². The number of benzene rings is 2. The van der Waals surface area contributed by atoms with Gasteiger partial charge in [-0.3, -0.25) is 4.79 Å². The van der Waals surface area contributed by atoms with Crippen molar-refractivity contribution >= 4 is 44.2 Å². The van der Waals surface area contributed by atoms with Crippen LogP contribution in [0.2, 0.25) is 0 Å².